The van der Waals surface area contributed by atoms with Crippen molar-refractivity contribution in [3.63, 3.8) is 0 Å². The van der Waals surface area contributed by atoms with Crippen LogP contribution in [0, 0.1) is 5.92 Å². The minimum atomic E-state index is -0.332. The van der Waals surface area contributed by atoms with Crippen LogP contribution in [0.1, 0.15) is 22.3 Å². The van der Waals surface area contributed by atoms with Gasteiger partial charge in [-0.05, 0) is 62.2 Å². The molecule has 3 aromatic rings. The van der Waals surface area contributed by atoms with Crippen LogP contribution in [0.15, 0.2) is 108 Å². The Hall–Kier alpha value is -2.61. The van der Waals surface area contributed by atoms with Crippen LogP contribution in [-0.4, -0.2) is 4.83 Å². The smallest absolute Gasteiger partial charge is 0.0723 e. The number of allylic oxidation sites excluding steroid dienone is 8. The molecular formula is C29H18BrCl. The molecule has 2 atom stereocenters. The third-order valence-electron chi connectivity index (χ3n) is 7.30. The lowest BCUT2D eigenvalue weighted by molar-refractivity contribution is 0.750. The monoisotopic (exact) mass is 480 g/mol. The zero-order valence-corrected chi connectivity index (χ0v) is 19.0. The van der Waals surface area contributed by atoms with E-state index in [0.717, 1.165) is 5.02 Å². The highest BCUT2D eigenvalue weighted by Crippen LogP contribution is 2.66. The van der Waals surface area contributed by atoms with Crippen molar-refractivity contribution < 1.29 is 0 Å². The molecule has 148 valence electrons. The van der Waals surface area contributed by atoms with Crippen molar-refractivity contribution in [2.75, 3.05) is 0 Å². The Kier molecular flexibility index (Phi) is 3.61. The van der Waals surface area contributed by atoms with Crippen molar-refractivity contribution in [2.24, 2.45) is 5.92 Å². The molecule has 0 fully saturated rings. The number of fused-ring (bicyclic) bond motifs is 11. The largest absolute Gasteiger partial charge is 0.0843 e. The fourth-order valence-electron chi connectivity index (χ4n) is 6.21. The van der Waals surface area contributed by atoms with Gasteiger partial charge in [-0.25, -0.2) is 0 Å². The van der Waals surface area contributed by atoms with E-state index >= 15 is 0 Å². The van der Waals surface area contributed by atoms with Gasteiger partial charge in [0.15, 0.2) is 0 Å². The van der Waals surface area contributed by atoms with E-state index in [-0.39, 0.29) is 10.2 Å². The van der Waals surface area contributed by atoms with Crippen molar-refractivity contribution in [1.82, 2.24) is 0 Å². The van der Waals surface area contributed by atoms with Crippen LogP contribution >= 0.6 is 27.5 Å². The molecule has 4 aliphatic rings. The van der Waals surface area contributed by atoms with E-state index in [1.807, 2.05) is 6.07 Å². The topological polar surface area (TPSA) is 0 Å². The fraction of sp³-hybridized carbons (Fsp3) is 0.103. The number of hydrogen-bond acceptors (Lipinski definition) is 0. The Balaban J connectivity index is 1.69. The highest BCUT2D eigenvalue weighted by molar-refractivity contribution is 9.09. The lowest BCUT2D eigenvalue weighted by Gasteiger charge is -2.35. The summed E-state index contributed by atoms with van der Waals surface area (Å²) in [5.74, 6) is 0.342. The first-order valence-corrected chi connectivity index (χ1v) is 12.0. The van der Waals surface area contributed by atoms with Gasteiger partial charge in [0.25, 0.3) is 0 Å². The average molecular weight is 482 g/mol. The van der Waals surface area contributed by atoms with Gasteiger partial charge < -0.3 is 0 Å². The van der Waals surface area contributed by atoms with Gasteiger partial charge in [0.1, 0.15) is 0 Å². The molecule has 7 rings (SSSR count). The van der Waals surface area contributed by atoms with Crippen LogP contribution in [0.2, 0.25) is 5.02 Å². The molecule has 1 spiro atoms. The first-order valence-electron chi connectivity index (χ1n) is 10.7. The summed E-state index contributed by atoms with van der Waals surface area (Å²) in [5.41, 5.74) is 11.8. The molecule has 0 radical (unpaired) electrons. The summed E-state index contributed by atoms with van der Waals surface area (Å²) in [6.07, 6.45) is 11.4. The van der Waals surface area contributed by atoms with Crippen LogP contribution in [-0.2, 0) is 5.41 Å². The second-order valence-electron chi connectivity index (χ2n) is 8.66. The summed E-state index contributed by atoms with van der Waals surface area (Å²) in [6.45, 7) is 0. The van der Waals surface area contributed by atoms with Crippen LogP contribution in [0.4, 0.5) is 0 Å². The molecule has 31 heavy (non-hydrogen) atoms. The number of hydrogen-bond donors (Lipinski definition) is 0. The summed E-state index contributed by atoms with van der Waals surface area (Å²) in [5, 5.41) is 0.788. The highest BCUT2D eigenvalue weighted by Gasteiger charge is 2.55. The predicted molar refractivity (Wildman–Crippen MR) is 133 cm³/mol. The van der Waals surface area contributed by atoms with E-state index in [1.54, 1.807) is 0 Å². The van der Waals surface area contributed by atoms with Gasteiger partial charge in [0, 0.05) is 15.8 Å². The molecule has 4 aliphatic carbocycles. The maximum atomic E-state index is 6.63. The Bertz CT molecular complexity index is 1370. The number of rotatable bonds is 0. The fourth-order valence-corrected chi connectivity index (χ4v) is 7.10. The SMILES string of the molecule is Clc1ccc2c(c1)C1(C3=CC(Br)C4C=CC=CC4=C32)c2ccccc2-c2ccccc21. The molecule has 0 aromatic heterocycles. The lowest BCUT2D eigenvalue weighted by atomic mass is 9.68. The Morgan fingerprint density at radius 1 is 0.774 bits per heavy atom. The Morgan fingerprint density at radius 3 is 2.23 bits per heavy atom. The molecule has 0 amide bonds. The molecule has 0 bridgehead atoms. The zero-order chi connectivity index (χ0) is 20.7. The second-order valence-corrected chi connectivity index (χ2v) is 10.1. The first kappa shape index (κ1) is 18.0. The third-order valence-corrected chi connectivity index (χ3v) is 8.37. The summed E-state index contributed by atoms with van der Waals surface area (Å²) in [4.78, 5) is 0.254. The molecular weight excluding hydrogens is 464 g/mol. The zero-order valence-electron chi connectivity index (χ0n) is 16.6. The minimum absolute atomic E-state index is 0.254. The number of halogens is 2. The number of benzene rings is 3. The van der Waals surface area contributed by atoms with Crippen LogP contribution in [0.25, 0.3) is 16.7 Å². The molecule has 3 aromatic carbocycles. The van der Waals surface area contributed by atoms with Crippen LogP contribution < -0.4 is 0 Å². The van der Waals surface area contributed by atoms with Crippen molar-refractivity contribution in [3.8, 4) is 11.1 Å². The standard InChI is InChI=1S/C29H18BrCl/c30-27-16-26-28(21-10-2-1-9-20(21)27)22-14-13-17(31)15-25(22)29(26)23-11-5-3-7-18(23)19-8-4-6-12-24(19)29/h1-16,20,27H. The first-order chi connectivity index (χ1) is 15.2. The second kappa shape index (κ2) is 6.22. The Morgan fingerprint density at radius 2 is 1.48 bits per heavy atom. The van der Waals surface area contributed by atoms with Crippen molar-refractivity contribution in [2.45, 2.75) is 10.2 Å². The van der Waals surface area contributed by atoms with E-state index in [9.17, 15) is 0 Å². The third kappa shape index (κ3) is 2.11. The summed E-state index contributed by atoms with van der Waals surface area (Å²) in [6, 6.07) is 24.2. The molecule has 2 unspecified atom stereocenters. The molecule has 2 heteroatoms. The molecule has 0 heterocycles. The van der Waals surface area contributed by atoms with Crippen LogP contribution in [0.5, 0.6) is 0 Å². The van der Waals surface area contributed by atoms with E-state index in [2.05, 4.69) is 107 Å². The van der Waals surface area contributed by atoms with Gasteiger partial charge in [-0.2, -0.15) is 0 Å². The summed E-state index contributed by atoms with van der Waals surface area (Å²) >= 11 is 10.6. The quantitative estimate of drug-likeness (QED) is 0.287. The van der Waals surface area contributed by atoms with E-state index < -0.39 is 0 Å². The molecule has 0 aliphatic heterocycles. The van der Waals surface area contributed by atoms with Crippen molar-refractivity contribution >= 4 is 33.1 Å². The van der Waals surface area contributed by atoms with Gasteiger partial charge in [-0.1, -0.05) is 113 Å². The maximum absolute atomic E-state index is 6.63. The van der Waals surface area contributed by atoms with Crippen molar-refractivity contribution in [1.29, 1.82) is 0 Å². The molecule has 0 nitrogen and oxygen atoms in total. The average Bonchev–Trinajstić information content (AvgIpc) is 3.26. The maximum Gasteiger partial charge on any atom is 0.0723 e. The summed E-state index contributed by atoms with van der Waals surface area (Å²) in [7, 11) is 0. The molecule has 0 saturated heterocycles. The van der Waals surface area contributed by atoms with Crippen LogP contribution in [0.3, 0.4) is 0 Å². The molecule has 0 N–H and O–H groups in total. The lowest BCUT2D eigenvalue weighted by Crippen LogP contribution is -2.29. The Labute approximate surface area is 195 Å². The molecule has 0 saturated carbocycles. The van der Waals surface area contributed by atoms with Gasteiger partial charge in [0.2, 0.25) is 0 Å². The van der Waals surface area contributed by atoms with E-state index in [1.165, 1.54) is 50.1 Å². The van der Waals surface area contributed by atoms with Gasteiger partial charge >= 0.3 is 0 Å². The predicted octanol–water partition coefficient (Wildman–Crippen LogP) is 7.87. The van der Waals surface area contributed by atoms with E-state index in [4.69, 9.17) is 11.6 Å². The van der Waals surface area contributed by atoms with Gasteiger partial charge in [-0.3, -0.25) is 0 Å². The van der Waals surface area contributed by atoms with E-state index in [0.29, 0.717) is 5.92 Å². The normalized spacial score (nSPS) is 23.2. The highest BCUT2D eigenvalue weighted by atomic mass is 79.9. The minimum Gasteiger partial charge on any atom is -0.0843 e. The van der Waals surface area contributed by atoms with Gasteiger partial charge in [-0.15, -0.1) is 0 Å². The summed E-state index contributed by atoms with van der Waals surface area (Å²) < 4.78 is 0. The number of alkyl halides is 1. The van der Waals surface area contributed by atoms with Crippen molar-refractivity contribution in [3.05, 3.63) is 136 Å². The van der Waals surface area contributed by atoms with Gasteiger partial charge in [0.05, 0.1) is 5.41 Å².